The number of carbonyl (C=O) groups is 2. The number of hydrogen-bond donors (Lipinski definition) is 3. The van der Waals surface area contributed by atoms with E-state index < -0.39 is 23.2 Å². The summed E-state index contributed by atoms with van der Waals surface area (Å²) in [5, 5.41) is 14.1. The second kappa shape index (κ2) is 10.7. The smallest absolute Gasteiger partial charge is 0.251 e. The number of fused-ring (bicyclic) bond motifs is 2. The fourth-order valence-electron chi connectivity index (χ4n) is 6.02. The van der Waals surface area contributed by atoms with E-state index in [4.69, 9.17) is 24.9 Å². The molecular formula is C30H38N4O6. The molecule has 0 aromatic heterocycles. The molecule has 0 saturated heterocycles. The molecule has 2 amide bonds. The minimum atomic E-state index is -1.32. The van der Waals surface area contributed by atoms with E-state index in [1.54, 1.807) is 37.1 Å². The van der Waals surface area contributed by atoms with Gasteiger partial charge in [-0.2, -0.15) is 0 Å². The first-order valence-electron chi connectivity index (χ1n) is 13.8. The molecule has 0 fully saturated rings. The number of para-hydroxylation sites is 1. The molecule has 0 saturated carbocycles. The molecule has 3 heterocycles. The van der Waals surface area contributed by atoms with Crippen LogP contribution in [-0.4, -0.2) is 65.9 Å². The number of nitrogens with zero attached hydrogens (tertiary/aromatic N) is 2. The van der Waals surface area contributed by atoms with Crippen LogP contribution in [0.15, 0.2) is 47.5 Å². The summed E-state index contributed by atoms with van der Waals surface area (Å²) in [4.78, 5) is 33.6. The van der Waals surface area contributed by atoms with Crippen LogP contribution >= 0.6 is 0 Å². The van der Waals surface area contributed by atoms with Crippen LogP contribution in [0.4, 0.5) is 0 Å². The summed E-state index contributed by atoms with van der Waals surface area (Å²) in [5.41, 5.74) is 6.39. The summed E-state index contributed by atoms with van der Waals surface area (Å²) < 4.78 is 17.2. The van der Waals surface area contributed by atoms with Gasteiger partial charge in [-0.25, -0.2) is 4.99 Å². The second-order valence-electron chi connectivity index (χ2n) is 11.2. The van der Waals surface area contributed by atoms with Crippen molar-refractivity contribution in [3.05, 3.63) is 59.2 Å². The van der Waals surface area contributed by atoms with Gasteiger partial charge in [-0.3, -0.25) is 14.5 Å². The third-order valence-electron chi connectivity index (χ3n) is 8.46. The molecule has 10 heteroatoms. The lowest BCUT2D eigenvalue weighted by atomic mass is 9.84. The zero-order valence-electron chi connectivity index (χ0n) is 23.5. The molecule has 2 aromatic rings. The van der Waals surface area contributed by atoms with Crippen LogP contribution in [0.2, 0.25) is 0 Å². The van der Waals surface area contributed by atoms with E-state index >= 15 is 0 Å². The van der Waals surface area contributed by atoms with Crippen LogP contribution in [-0.2, 0) is 9.53 Å². The number of ether oxygens (including phenoxy) is 3. The van der Waals surface area contributed by atoms with Crippen LogP contribution in [0.25, 0.3) is 0 Å². The Balaban J connectivity index is 1.51. The van der Waals surface area contributed by atoms with Gasteiger partial charge in [0, 0.05) is 29.7 Å². The first kappa shape index (κ1) is 27.9. The second-order valence-corrected chi connectivity index (χ2v) is 11.2. The van der Waals surface area contributed by atoms with Crippen molar-refractivity contribution in [2.75, 3.05) is 26.9 Å². The van der Waals surface area contributed by atoms with Crippen molar-refractivity contribution in [2.24, 2.45) is 16.6 Å². The van der Waals surface area contributed by atoms with Gasteiger partial charge in [-0.15, -0.1) is 0 Å². The van der Waals surface area contributed by atoms with E-state index in [0.29, 0.717) is 54.2 Å². The molecule has 0 unspecified atom stereocenters. The zero-order chi connectivity index (χ0) is 28.7. The highest BCUT2D eigenvalue weighted by Crippen LogP contribution is 2.43. The molecule has 0 aliphatic carbocycles. The third kappa shape index (κ3) is 4.90. The van der Waals surface area contributed by atoms with Crippen LogP contribution in [0.3, 0.4) is 0 Å². The monoisotopic (exact) mass is 550 g/mol. The number of aliphatic hydroxyl groups is 1. The summed E-state index contributed by atoms with van der Waals surface area (Å²) in [5.74, 6) is 0.644. The Morgan fingerprint density at radius 3 is 2.60 bits per heavy atom. The van der Waals surface area contributed by atoms with Crippen molar-refractivity contribution in [1.29, 1.82) is 0 Å². The predicted molar refractivity (Wildman–Crippen MR) is 149 cm³/mol. The van der Waals surface area contributed by atoms with Crippen LogP contribution in [0.1, 0.15) is 73.6 Å². The average molecular weight is 551 g/mol. The highest BCUT2D eigenvalue weighted by molar-refractivity contribution is 6.00. The number of carbonyl (C=O) groups excluding carboxylic acids is 2. The van der Waals surface area contributed by atoms with Gasteiger partial charge in [0.05, 0.1) is 37.3 Å². The molecule has 3 aliphatic heterocycles. The van der Waals surface area contributed by atoms with Gasteiger partial charge < -0.3 is 30.4 Å². The van der Waals surface area contributed by atoms with Crippen LogP contribution in [0, 0.1) is 5.92 Å². The summed E-state index contributed by atoms with van der Waals surface area (Å²) in [6.45, 7) is 6.35. The quantitative estimate of drug-likeness (QED) is 0.482. The number of nitrogens with one attached hydrogen (secondary N) is 1. The molecule has 10 nitrogen and oxygen atoms in total. The van der Waals surface area contributed by atoms with Crippen LogP contribution < -0.4 is 20.5 Å². The van der Waals surface area contributed by atoms with Crippen molar-refractivity contribution >= 4 is 17.8 Å². The highest BCUT2D eigenvalue weighted by Gasteiger charge is 2.45. The fourth-order valence-corrected chi connectivity index (χ4v) is 6.02. The first-order valence-corrected chi connectivity index (χ1v) is 13.8. The number of aliphatic imine (C=N–C) groups is 1. The van der Waals surface area contributed by atoms with Crippen molar-refractivity contribution in [2.45, 2.75) is 63.3 Å². The molecular weight excluding hydrogens is 512 g/mol. The first-order chi connectivity index (χ1) is 19.1. The highest BCUT2D eigenvalue weighted by atomic mass is 16.5. The van der Waals surface area contributed by atoms with Gasteiger partial charge in [0.2, 0.25) is 5.91 Å². The maximum Gasteiger partial charge on any atom is 0.251 e. The number of methoxy groups -OCH3 is 1. The summed E-state index contributed by atoms with van der Waals surface area (Å²) >= 11 is 0. The van der Waals surface area contributed by atoms with E-state index in [1.807, 2.05) is 38.1 Å². The molecule has 2 aromatic carbocycles. The molecule has 0 radical (unpaired) electrons. The number of guanidine groups is 1. The van der Waals surface area contributed by atoms with Gasteiger partial charge in [0.25, 0.3) is 5.91 Å². The summed E-state index contributed by atoms with van der Waals surface area (Å²) in [6, 6.07) is 11.3. The maximum atomic E-state index is 13.6. The Kier molecular flexibility index (Phi) is 7.50. The minimum Gasteiger partial charge on any atom is -0.493 e. The lowest BCUT2D eigenvalue weighted by Gasteiger charge is -2.44. The van der Waals surface area contributed by atoms with Crippen LogP contribution in [0.5, 0.6) is 11.5 Å². The standard InChI is InChI=1S/C30H38N4O6/c1-5-30(6-2)14-24(35)34(28(31)33-30)25-19(15-38-4)16-39-23-12-11-18(13-21(23)25)27(36)32-26-20-9-7-8-10-22(20)40-17-29(26,3)37/h7-13,19,25-26,37H,5-6,14-17H2,1-4H3,(H2,31,33)(H,32,36)/t19-,25+,26+,29+/m0/s1. The topological polar surface area (TPSA) is 136 Å². The summed E-state index contributed by atoms with van der Waals surface area (Å²) in [7, 11) is 1.60. The lowest BCUT2D eigenvalue weighted by molar-refractivity contribution is -0.133. The van der Waals surface area contributed by atoms with Crippen molar-refractivity contribution < 1.29 is 28.9 Å². The lowest BCUT2D eigenvalue weighted by Crippen LogP contribution is -2.55. The number of amides is 2. The van der Waals surface area contributed by atoms with Crippen molar-refractivity contribution in [1.82, 2.24) is 10.2 Å². The largest absolute Gasteiger partial charge is 0.493 e. The normalized spacial score (nSPS) is 27.0. The Labute approximate surface area is 234 Å². The van der Waals surface area contributed by atoms with E-state index in [1.165, 1.54) is 0 Å². The number of rotatable bonds is 7. The maximum absolute atomic E-state index is 13.6. The molecule has 4 N–H and O–H groups in total. The molecule has 5 rings (SSSR count). The molecule has 4 atom stereocenters. The van der Waals surface area contributed by atoms with E-state index in [9.17, 15) is 14.7 Å². The Hall–Kier alpha value is -3.63. The van der Waals surface area contributed by atoms with Gasteiger partial charge in [-0.1, -0.05) is 32.0 Å². The van der Waals surface area contributed by atoms with Crippen molar-refractivity contribution in [3.8, 4) is 11.5 Å². The van der Waals surface area contributed by atoms with Gasteiger partial charge in [0.1, 0.15) is 23.7 Å². The molecule has 214 valence electrons. The zero-order valence-corrected chi connectivity index (χ0v) is 23.5. The third-order valence-corrected chi connectivity index (χ3v) is 8.46. The molecule has 0 bridgehead atoms. The Bertz CT molecular complexity index is 1320. The SMILES string of the molecule is CCC1(CC)CC(=O)N([C@H]2c3cc(C(=O)N[C@@H]4c5ccccc5OC[C@@]4(C)O)ccc3OC[C@@H]2COC)C(N)=N1. The molecule has 40 heavy (non-hydrogen) atoms. The fraction of sp³-hybridized carbons (Fsp3) is 0.500. The average Bonchev–Trinajstić information content (AvgIpc) is 2.94. The van der Waals surface area contributed by atoms with Crippen molar-refractivity contribution in [3.63, 3.8) is 0 Å². The predicted octanol–water partition coefficient (Wildman–Crippen LogP) is 3.10. The molecule has 0 spiro atoms. The Morgan fingerprint density at radius 1 is 1.18 bits per heavy atom. The minimum absolute atomic E-state index is 0.0421. The van der Waals surface area contributed by atoms with Gasteiger partial charge >= 0.3 is 0 Å². The van der Waals surface area contributed by atoms with Gasteiger partial charge in [0.15, 0.2) is 5.96 Å². The Morgan fingerprint density at radius 2 is 1.90 bits per heavy atom. The van der Waals surface area contributed by atoms with E-state index in [-0.39, 0.29) is 36.7 Å². The van der Waals surface area contributed by atoms with E-state index in [2.05, 4.69) is 5.32 Å². The number of hydrogen-bond acceptors (Lipinski definition) is 8. The number of nitrogens with two attached hydrogens (primary N) is 1. The summed E-state index contributed by atoms with van der Waals surface area (Å²) in [6.07, 6.45) is 1.67. The number of benzene rings is 2. The van der Waals surface area contributed by atoms with Gasteiger partial charge in [-0.05, 0) is 44.0 Å². The van der Waals surface area contributed by atoms with E-state index in [0.717, 1.165) is 0 Å². The molecule has 3 aliphatic rings.